The van der Waals surface area contributed by atoms with Gasteiger partial charge in [0, 0.05) is 24.7 Å². The summed E-state index contributed by atoms with van der Waals surface area (Å²) in [6.07, 6.45) is 2.28. The summed E-state index contributed by atoms with van der Waals surface area (Å²) in [5.41, 5.74) is -0.417. The molecule has 0 aromatic carbocycles. The maximum atomic E-state index is 12.6. The molecule has 0 bridgehead atoms. The quantitative estimate of drug-likeness (QED) is 0.752. The number of carbonyl (C=O) groups excluding carboxylic acids is 1. The van der Waals surface area contributed by atoms with E-state index in [2.05, 4.69) is 10.5 Å². The Balaban J connectivity index is 1.90. The highest BCUT2D eigenvalue weighted by molar-refractivity contribution is 5.89. The van der Waals surface area contributed by atoms with Crippen molar-refractivity contribution in [2.75, 3.05) is 26.4 Å². The third-order valence-electron chi connectivity index (χ3n) is 4.85. The number of aromatic nitrogens is 1. The predicted molar refractivity (Wildman–Crippen MR) is 91.0 cm³/mol. The van der Waals surface area contributed by atoms with Gasteiger partial charge in [-0.3, -0.25) is 4.79 Å². The molecule has 0 saturated carbocycles. The Labute approximate surface area is 143 Å². The van der Waals surface area contributed by atoms with Crippen molar-refractivity contribution in [3.63, 3.8) is 0 Å². The Morgan fingerprint density at radius 1 is 1.33 bits per heavy atom. The first-order valence-corrected chi connectivity index (χ1v) is 8.67. The van der Waals surface area contributed by atoms with Crippen molar-refractivity contribution in [2.24, 2.45) is 5.92 Å². The molecule has 136 valence electrons. The molecule has 1 fully saturated rings. The smallest absolute Gasteiger partial charge is 0.159 e. The molecule has 0 radical (unpaired) electrons. The number of nitrogens with zero attached hydrogens (tertiary/aromatic N) is 1. The lowest BCUT2D eigenvalue weighted by Gasteiger charge is -2.29. The van der Waals surface area contributed by atoms with Crippen LogP contribution in [0.2, 0.25) is 0 Å². The Morgan fingerprint density at radius 3 is 2.62 bits per heavy atom. The number of hydrogen-bond donors (Lipinski definition) is 2. The van der Waals surface area contributed by atoms with Crippen molar-refractivity contribution < 1.29 is 19.2 Å². The monoisotopic (exact) mass is 338 g/mol. The zero-order chi connectivity index (χ0) is 17.8. The molecule has 2 heterocycles. The lowest BCUT2D eigenvalue weighted by atomic mass is 9.89. The molecule has 1 aromatic heterocycles. The number of aliphatic hydroxyl groups excluding tert-OH is 1. The summed E-state index contributed by atoms with van der Waals surface area (Å²) >= 11 is 0. The fraction of sp³-hybridized carbons (Fsp3) is 0.778. The summed E-state index contributed by atoms with van der Waals surface area (Å²) in [7, 11) is 0. The van der Waals surface area contributed by atoms with Crippen molar-refractivity contribution in [1.29, 1.82) is 0 Å². The van der Waals surface area contributed by atoms with Gasteiger partial charge in [-0.1, -0.05) is 19.0 Å². The summed E-state index contributed by atoms with van der Waals surface area (Å²) in [5, 5.41) is 16.8. The van der Waals surface area contributed by atoms with Crippen LogP contribution in [0.3, 0.4) is 0 Å². The lowest BCUT2D eigenvalue weighted by Crippen LogP contribution is -2.49. The van der Waals surface area contributed by atoms with E-state index in [9.17, 15) is 9.90 Å². The number of hydrogen-bond acceptors (Lipinski definition) is 6. The predicted octanol–water partition coefficient (Wildman–Crippen LogP) is 1.85. The minimum atomic E-state index is -0.613. The van der Waals surface area contributed by atoms with Gasteiger partial charge in [0.2, 0.25) is 0 Å². The molecule has 1 saturated heterocycles. The normalized spacial score (nSPS) is 17.2. The highest BCUT2D eigenvalue weighted by atomic mass is 16.5. The Hall–Kier alpha value is -1.24. The molecule has 1 aliphatic heterocycles. The number of nitrogens with one attached hydrogen (secondary N) is 1. The number of ketones is 1. The molecule has 0 aliphatic carbocycles. The van der Waals surface area contributed by atoms with Gasteiger partial charge in [0.15, 0.2) is 5.78 Å². The van der Waals surface area contributed by atoms with Gasteiger partial charge in [0.25, 0.3) is 0 Å². The first-order chi connectivity index (χ1) is 11.2. The zero-order valence-corrected chi connectivity index (χ0v) is 15.2. The van der Waals surface area contributed by atoms with Crippen molar-refractivity contribution in [2.45, 2.75) is 57.9 Å². The first kappa shape index (κ1) is 19.1. The number of ether oxygens (including phenoxy) is 1. The maximum Gasteiger partial charge on any atom is 0.159 e. The Bertz CT molecular complexity index is 545. The molecule has 0 atom stereocenters. The van der Waals surface area contributed by atoms with E-state index in [0.29, 0.717) is 17.4 Å². The molecule has 6 heteroatoms. The third kappa shape index (κ3) is 4.88. The van der Waals surface area contributed by atoms with Crippen LogP contribution in [-0.4, -0.2) is 48.0 Å². The van der Waals surface area contributed by atoms with Gasteiger partial charge in [-0.15, -0.1) is 0 Å². The molecule has 24 heavy (non-hydrogen) atoms. The van der Waals surface area contributed by atoms with E-state index in [0.717, 1.165) is 32.6 Å². The standard InChI is InChI=1S/C18H30N2O4/c1-17(2,12-21)15-9-14(24-20-15)10-16(22)18(3,4)19-11-13-5-7-23-8-6-13/h9,13,19,21H,5-8,10-12H2,1-4H3. The summed E-state index contributed by atoms with van der Waals surface area (Å²) in [5.74, 6) is 1.17. The van der Waals surface area contributed by atoms with Gasteiger partial charge in [-0.05, 0) is 39.2 Å². The molecule has 6 nitrogen and oxygen atoms in total. The Morgan fingerprint density at radius 2 is 2.00 bits per heavy atom. The van der Waals surface area contributed by atoms with Crippen LogP contribution in [0.5, 0.6) is 0 Å². The van der Waals surface area contributed by atoms with Crippen LogP contribution in [0.25, 0.3) is 0 Å². The van der Waals surface area contributed by atoms with E-state index in [4.69, 9.17) is 9.26 Å². The average Bonchev–Trinajstić information content (AvgIpc) is 3.03. The molecule has 0 spiro atoms. The summed E-state index contributed by atoms with van der Waals surface area (Å²) in [6, 6.07) is 1.77. The molecule has 2 rings (SSSR count). The molecule has 1 aromatic rings. The number of rotatable bonds is 8. The molecular formula is C18H30N2O4. The fourth-order valence-electron chi connectivity index (χ4n) is 2.62. The zero-order valence-electron chi connectivity index (χ0n) is 15.2. The van der Waals surface area contributed by atoms with Gasteiger partial charge < -0.3 is 19.7 Å². The summed E-state index contributed by atoms with van der Waals surface area (Å²) in [6.45, 7) is 10.00. The van der Waals surface area contributed by atoms with Gasteiger partial charge in [-0.25, -0.2) is 0 Å². The van der Waals surface area contributed by atoms with E-state index in [1.165, 1.54) is 0 Å². The summed E-state index contributed by atoms with van der Waals surface area (Å²) in [4.78, 5) is 12.6. The average molecular weight is 338 g/mol. The highest BCUT2D eigenvalue weighted by Crippen LogP contribution is 2.23. The van der Waals surface area contributed by atoms with Crippen LogP contribution < -0.4 is 5.32 Å². The first-order valence-electron chi connectivity index (χ1n) is 8.67. The van der Waals surface area contributed by atoms with E-state index < -0.39 is 11.0 Å². The fourth-order valence-corrected chi connectivity index (χ4v) is 2.62. The molecule has 1 aliphatic rings. The van der Waals surface area contributed by atoms with E-state index >= 15 is 0 Å². The topological polar surface area (TPSA) is 84.6 Å². The minimum Gasteiger partial charge on any atom is -0.395 e. The number of Topliss-reactive ketones (excluding diaryl/α,β-unsaturated/α-hetero) is 1. The van der Waals surface area contributed by atoms with E-state index in [-0.39, 0.29) is 18.8 Å². The molecule has 0 amide bonds. The number of carbonyl (C=O) groups is 1. The third-order valence-corrected chi connectivity index (χ3v) is 4.85. The van der Waals surface area contributed by atoms with Crippen LogP contribution in [0.15, 0.2) is 10.6 Å². The minimum absolute atomic E-state index is 0.0227. The van der Waals surface area contributed by atoms with Crippen LogP contribution in [0.1, 0.15) is 52.0 Å². The Kier molecular flexibility index (Phi) is 6.17. The highest BCUT2D eigenvalue weighted by Gasteiger charge is 2.30. The van der Waals surface area contributed by atoms with Crippen molar-refractivity contribution >= 4 is 5.78 Å². The van der Waals surface area contributed by atoms with Crippen LogP contribution in [0.4, 0.5) is 0 Å². The van der Waals surface area contributed by atoms with Gasteiger partial charge in [0.1, 0.15) is 5.76 Å². The number of aliphatic hydroxyl groups is 1. The SMILES string of the molecule is CC(C)(NCC1CCOCC1)C(=O)Cc1cc(C(C)(C)CO)no1. The van der Waals surface area contributed by atoms with Crippen LogP contribution in [-0.2, 0) is 21.4 Å². The second-order valence-electron chi connectivity index (χ2n) is 7.88. The van der Waals surface area contributed by atoms with Crippen molar-refractivity contribution in [1.82, 2.24) is 10.5 Å². The van der Waals surface area contributed by atoms with Gasteiger partial charge >= 0.3 is 0 Å². The van der Waals surface area contributed by atoms with E-state index in [1.54, 1.807) is 6.07 Å². The molecule has 2 N–H and O–H groups in total. The second kappa shape index (κ2) is 7.76. The van der Waals surface area contributed by atoms with Crippen molar-refractivity contribution in [3.8, 4) is 0 Å². The van der Waals surface area contributed by atoms with E-state index in [1.807, 2.05) is 27.7 Å². The van der Waals surface area contributed by atoms with Crippen LogP contribution in [0, 0.1) is 5.92 Å². The maximum absolute atomic E-state index is 12.6. The summed E-state index contributed by atoms with van der Waals surface area (Å²) < 4.78 is 10.7. The molecule has 0 unspecified atom stereocenters. The lowest BCUT2D eigenvalue weighted by molar-refractivity contribution is -0.124. The van der Waals surface area contributed by atoms with Gasteiger partial charge in [-0.2, -0.15) is 0 Å². The largest absolute Gasteiger partial charge is 0.395 e. The van der Waals surface area contributed by atoms with Crippen molar-refractivity contribution in [3.05, 3.63) is 17.5 Å². The van der Waals surface area contributed by atoms with Crippen LogP contribution >= 0.6 is 0 Å². The van der Waals surface area contributed by atoms with Gasteiger partial charge in [0.05, 0.1) is 24.3 Å². The second-order valence-corrected chi connectivity index (χ2v) is 7.88. The molecular weight excluding hydrogens is 308 g/mol.